The highest BCUT2D eigenvalue weighted by atomic mass is 32.2. The van der Waals surface area contributed by atoms with Crippen LogP contribution in [0.2, 0.25) is 0 Å². The van der Waals surface area contributed by atoms with Crippen LogP contribution >= 0.6 is 23.1 Å². The fourth-order valence-corrected chi connectivity index (χ4v) is 4.27. The third kappa shape index (κ3) is 4.26. The van der Waals surface area contributed by atoms with Crippen molar-refractivity contribution < 1.29 is 14.3 Å². The number of thioether (sulfide) groups is 1. The second-order valence-electron chi connectivity index (χ2n) is 6.04. The zero-order chi connectivity index (χ0) is 21.1. The van der Waals surface area contributed by atoms with Gasteiger partial charge < -0.3 is 15.8 Å². The van der Waals surface area contributed by atoms with Gasteiger partial charge in [0.1, 0.15) is 5.75 Å². The van der Waals surface area contributed by atoms with Crippen molar-refractivity contribution in [1.82, 2.24) is 19.9 Å². The highest BCUT2D eigenvalue weighted by Crippen LogP contribution is 2.34. The molecule has 4 rings (SSSR count). The molecule has 2 aromatic heterocycles. The van der Waals surface area contributed by atoms with Crippen LogP contribution < -0.4 is 15.8 Å². The Morgan fingerprint density at radius 1 is 1.17 bits per heavy atom. The highest BCUT2D eigenvalue weighted by molar-refractivity contribution is 8.18. The van der Waals surface area contributed by atoms with Crippen LogP contribution in [-0.4, -0.2) is 38.1 Å². The van der Waals surface area contributed by atoms with Crippen molar-refractivity contribution >= 4 is 57.9 Å². The van der Waals surface area contributed by atoms with E-state index >= 15 is 0 Å². The van der Waals surface area contributed by atoms with Crippen molar-refractivity contribution in [3.05, 3.63) is 57.4 Å². The summed E-state index contributed by atoms with van der Waals surface area (Å²) in [5, 5.41) is 4.53. The molecule has 1 saturated heterocycles. The number of hydrogen-bond donors (Lipinski definition) is 2. The molecule has 0 aliphatic carbocycles. The maximum absolute atomic E-state index is 12.7. The quantitative estimate of drug-likeness (QED) is 0.554. The summed E-state index contributed by atoms with van der Waals surface area (Å²) in [6.07, 6.45) is 1.70. The van der Waals surface area contributed by atoms with Crippen LogP contribution in [0, 0.1) is 0 Å². The lowest BCUT2D eigenvalue weighted by Gasteiger charge is -2.13. The summed E-state index contributed by atoms with van der Waals surface area (Å²) in [6.45, 7) is -0.111. The van der Waals surface area contributed by atoms with E-state index in [1.165, 1.54) is 11.3 Å². The molecule has 9 nitrogen and oxygen atoms in total. The Labute approximate surface area is 180 Å². The summed E-state index contributed by atoms with van der Waals surface area (Å²) in [6, 6.07) is 11.0. The van der Waals surface area contributed by atoms with E-state index in [0.29, 0.717) is 16.3 Å². The normalized spacial score (nSPS) is 15.1. The fraction of sp³-hybridized carbons (Fsp3) is 0.105. The lowest BCUT2D eigenvalue weighted by molar-refractivity contribution is -0.123. The number of carbonyl (C=O) groups excluding carboxylic acids is 2. The van der Waals surface area contributed by atoms with Gasteiger partial charge >= 0.3 is 0 Å². The molecule has 0 radical (unpaired) electrons. The molecule has 152 valence electrons. The van der Waals surface area contributed by atoms with Crippen LogP contribution in [0.3, 0.4) is 0 Å². The fourth-order valence-electron chi connectivity index (χ4n) is 2.71. The molecule has 3 N–H and O–H groups in total. The number of para-hydroxylation sites is 2. The van der Waals surface area contributed by atoms with Crippen LogP contribution in [0.25, 0.3) is 6.08 Å². The van der Waals surface area contributed by atoms with Crippen LogP contribution in [0.4, 0.5) is 22.4 Å². The predicted molar refractivity (Wildman–Crippen MR) is 116 cm³/mol. The smallest absolute Gasteiger partial charge is 0.293 e. The Morgan fingerprint density at radius 3 is 2.77 bits per heavy atom. The first kappa shape index (κ1) is 19.9. The molecule has 1 fully saturated rings. The number of rotatable bonds is 6. The molecule has 0 unspecified atom stereocenters. The second kappa shape index (κ2) is 8.51. The minimum atomic E-state index is -0.392. The third-order valence-electron chi connectivity index (χ3n) is 4.04. The molecule has 0 spiro atoms. The van der Waals surface area contributed by atoms with E-state index in [1.54, 1.807) is 25.3 Å². The van der Waals surface area contributed by atoms with Gasteiger partial charge in [-0.05, 0) is 41.4 Å². The number of nitrogen functional groups attached to an aromatic ring is 1. The predicted octanol–water partition coefficient (Wildman–Crippen LogP) is 3.50. The van der Waals surface area contributed by atoms with Crippen molar-refractivity contribution in [2.45, 2.75) is 6.54 Å². The third-order valence-corrected chi connectivity index (χ3v) is 5.77. The molecule has 3 heterocycles. The Hall–Kier alpha value is -3.44. The van der Waals surface area contributed by atoms with Crippen LogP contribution in [0.1, 0.15) is 10.7 Å². The van der Waals surface area contributed by atoms with Gasteiger partial charge in [-0.3, -0.25) is 14.5 Å². The van der Waals surface area contributed by atoms with Crippen LogP contribution in [0.15, 0.2) is 46.7 Å². The molecule has 11 heteroatoms. The van der Waals surface area contributed by atoms with Gasteiger partial charge in [0.25, 0.3) is 11.1 Å². The zero-order valence-corrected chi connectivity index (χ0v) is 17.4. The van der Waals surface area contributed by atoms with Gasteiger partial charge in [0, 0.05) is 4.88 Å². The molecular formula is C19H16N6O3S2. The molecule has 1 aliphatic heterocycles. The van der Waals surface area contributed by atoms with E-state index in [4.69, 9.17) is 10.5 Å². The number of methoxy groups -OCH3 is 1. The lowest BCUT2D eigenvalue weighted by Crippen LogP contribution is -2.28. The number of imide groups is 1. The van der Waals surface area contributed by atoms with Crippen LogP contribution in [0.5, 0.6) is 5.75 Å². The Morgan fingerprint density at radius 2 is 2.00 bits per heavy atom. The van der Waals surface area contributed by atoms with Crippen LogP contribution in [-0.2, 0) is 11.3 Å². The molecule has 0 saturated carbocycles. The van der Waals surface area contributed by atoms with Gasteiger partial charge in [-0.1, -0.05) is 18.2 Å². The van der Waals surface area contributed by atoms with Crippen molar-refractivity contribution in [3.63, 3.8) is 0 Å². The Kier molecular flexibility index (Phi) is 5.63. The first-order valence-corrected chi connectivity index (χ1v) is 10.4. The second-order valence-corrected chi connectivity index (χ2v) is 8.01. The van der Waals surface area contributed by atoms with Crippen molar-refractivity contribution in [2.75, 3.05) is 18.2 Å². The summed E-state index contributed by atoms with van der Waals surface area (Å²) in [5.74, 6) is 0.556. The number of thiophene rings is 1. The summed E-state index contributed by atoms with van der Waals surface area (Å²) < 4.78 is 5.30. The summed E-state index contributed by atoms with van der Waals surface area (Å²) in [7, 11) is 1.55. The number of aromatic nitrogens is 3. The molecule has 3 aromatic rings. The zero-order valence-electron chi connectivity index (χ0n) is 15.7. The summed E-state index contributed by atoms with van der Waals surface area (Å²) in [4.78, 5) is 39.8. The monoisotopic (exact) mass is 440 g/mol. The van der Waals surface area contributed by atoms with E-state index < -0.39 is 5.91 Å². The van der Waals surface area contributed by atoms with E-state index in [1.807, 2.05) is 29.6 Å². The van der Waals surface area contributed by atoms with Crippen molar-refractivity contribution in [2.24, 2.45) is 0 Å². The van der Waals surface area contributed by atoms with Crippen molar-refractivity contribution in [3.8, 4) is 5.75 Å². The van der Waals surface area contributed by atoms with Gasteiger partial charge in [-0.2, -0.15) is 15.0 Å². The first-order valence-electron chi connectivity index (χ1n) is 8.73. The summed E-state index contributed by atoms with van der Waals surface area (Å²) >= 11 is 2.37. The average molecular weight is 441 g/mol. The molecule has 30 heavy (non-hydrogen) atoms. The Bertz CT molecular complexity index is 1130. The number of benzene rings is 1. The Balaban J connectivity index is 1.55. The number of amides is 2. The van der Waals surface area contributed by atoms with E-state index in [0.717, 1.165) is 21.5 Å². The number of nitrogens with zero attached hydrogens (tertiary/aromatic N) is 4. The van der Waals surface area contributed by atoms with E-state index in [2.05, 4.69) is 20.3 Å². The maximum atomic E-state index is 12.7. The highest BCUT2D eigenvalue weighted by Gasteiger charge is 2.35. The molecule has 2 amide bonds. The topological polar surface area (TPSA) is 123 Å². The van der Waals surface area contributed by atoms with Gasteiger partial charge in [-0.25, -0.2) is 0 Å². The average Bonchev–Trinajstić information content (AvgIpc) is 3.32. The first-order chi connectivity index (χ1) is 14.5. The number of hydrogen-bond acceptors (Lipinski definition) is 10. The number of carbonyl (C=O) groups is 2. The SMILES string of the molecule is COc1ccccc1Nc1nc(N)nc(CN2C(=O)SC(=Cc3cccs3)C2=O)n1. The van der Waals surface area contributed by atoms with Gasteiger partial charge in [-0.15, -0.1) is 11.3 Å². The van der Waals surface area contributed by atoms with Gasteiger partial charge in [0.2, 0.25) is 11.9 Å². The largest absolute Gasteiger partial charge is 0.495 e. The van der Waals surface area contributed by atoms with E-state index in [9.17, 15) is 9.59 Å². The molecule has 0 atom stereocenters. The number of nitrogens with one attached hydrogen (secondary N) is 1. The standard InChI is InChI=1S/C19H16N6O3S2/c1-28-13-7-3-2-6-12(13)21-18-23-15(22-17(20)24-18)10-25-16(26)14(30-19(25)27)9-11-5-4-8-29-11/h2-9H,10H2,1H3,(H3,20,21,22,23,24). The number of nitrogens with two attached hydrogens (primary N) is 1. The lowest BCUT2D eigenvalue weighted by atomic mass is 10.3. The van der Waals surface area contributed by atoms with E-state index in [-0.39, 0.29) is 29.5 Å². The molecule has 1 aliphatic rings. The minimum Gasteiger partial charge on any atom is -0.495 e. The number of ether oxygens (including phenoxy) is 1. The molecular weight excluding hydrogens is 424 g/mol. The van der Waals surface area contributed by atoms with Crippen molar-refractivity contribution in [1.29, 1.82) is 0 Å². The summed E-state index contributed by atoms with van der Waals surface area (Å²) in [5.41, 5.74) is 6.45. The molecule has 0 bridgehead atoms. The molecule has 1 aromatic carbocycles. The van der Waals surface area contributed by atoms with Gasteiger partial charge in [0.15, 0.2) is 5.82 Å². The van der Waals surface area contributed by atoms with Gasteiger partial charge in [0.05, 0.1) is 24.2 Å². The minimum absolute atomic E-state index is 0.0292. The number of anilines is 3. The maximum Gasteiger partial charge on any atom is 0.293 e.